The van der Waals surface area contributed by atoms with Crippen molar-refractivity contribution in [2.24, 2.45) is 0 Å². The van der Waals surface area contributed by atoms with E-state index in [0.717, 1.165) is 30.2 Å². The third-order valence-corrected chi connectivity index (χ3v) is 5.58. The zero-order chi connectivity index (χ0) is 21.1. The first-order valence-corrected chi connectivity index (χ1v) is 10.8. The molecule has 158 valence electrons. The van der Waals surface area contributed by atoms with Crippen molar-refractivity contribution >= 4 is 17.2 Å². The predicted octanol–water partition coefficient (Wildman–Crippen LogP) is 3.31. The van der Waals surface area contributed by atoms with Gasteiger partial charge in [-0.05, 0) is 38.1 Å². The zero-order valence-electron chi connectivity index (χ0n) is 16.9. The lowest BCUT2D eigenvalue weighted by Gasteiger charge is -2.25. The van der Waals surface area contributed by atoms with Crippen LogP contribution < -0.4 is 5.32 Å². The molecule has 0 unspecified atom stereocenters. The number of amides is 1. The summed E-state index contributed by atoms with van der Waals surface area (Å²) < 4.78 is 18.8. The summed E-state index contributed by atoms with van der Waals surface area (Å²) >= 11 is 1.38. The van der Waals surface area contributed by atoms with Crippen LogP contribution in [-0.4, -0.2) is 58.1 Å². The Morgan fingerprint density at radius 1 is 1.27 bits per heavy atom. The SMILES string of the molecule is CC(C)NC(=O)c1csc(-c2[nH]c(CN3CCOCC3)nc2-c2ccc(F)cc2)n1. The highest BCUT2D eigenvalue weighted by molar-refractivity contribution is 7.13. The molecule has 1 fully saturated rings. The summed E-state index contributed by atoms with van der Waals surface area (Å²) in [6.45, 7) is 7.58. The molecule has 0 spiro atoms. The maximum absolute atomic E-state index is 13.4. The van der Waals surface area contributed by atoms with Crippen LogP contribution in [0.4, 0.5) is 4.39 Å². The highest BCUT2D eigenvalue weighted by Crippen LogP contribution is 2.32. The summed E-state index contributed by atoms with van der Waals surface area (Å²) in [4.78, 5) is 27.3. The molecule has 4 rings (SSSR count). The number of halogens is 1. The summed E-state index contributed by atoms with van der Waals surface area (Å²) in [6, 6.07) is 6.27. The maximum atomic E-state index is 13.4. The first-order valence-electron chi connectivity index (χ1n) is 9.91. The fraction of sp³-hybridized carbons (Fsp3) is 0.381. The van der Waals surface area contributed by atoms with E-state index in [2.05, 4.69) is 20.2 Å². The number of nitrogens with one attached hydrogen (secondary N) is 2. The van der Waals surface area contributed by atoms with Crippen LogP contribution in [0.25, 0.3) is 22.0 Å². The normalized spacial score (nSPS) is 14.9. The summed E-state index contributed by atoms with van der Waals surface area (Å²) in [5, 5.41) is 5.27. The molecule has 9 heteroatoms. The monoisotopic (exact) mass is 429 g/mol. The number of ether oxygens (including phenoxy) is 1. The van der Waals surface area contributed by atoms with Crippen LogP contribution in [0.1, 0.15) is 30.2 Å². The lowest BCUT2D eigenvalue weighted by Crippen LogP contribution is -2.35. The van der Waals surface area contributed by atoms with E-state index in [9.17, 15) is 9.18 Å². The lowest BCUT2D eigenvalue weighted by atomic mass is 10.1. The fourth-order valence-corrected chi connectivity index (χ4v) is 4.07. The molecular formula is C21H24FN5O2S. The van der Waals surface area contributed by atoms with Gasteiger partial charge in [0, 0.05) is 30.1 Å². The molecule has 2 aromatic heterocycles. The number of carbonyl (C=O) groups is 1. The average molecular weight is 430 g/mol. The molecule has 3 aromatic rings. The number of benzene rings is 1. The van der Waals surface area contributed by atoms with Gasteiger partial charge in [-0.3, -0.25) is 9.69 Å². The van der Waals surface area contributed by atoms with E-state index in [0.29, 0.717) is 36.2 Å². The van der Waals surface area contributed by atoms with Gasteiger partial charge in [0.2, 0.25) is 0 Å². The van der Waals surface area contributed by atoms with Crippen LogP contribution >= 0.6 is 11.3 Å². The van der Waals surface area contributed by atoms with Crippen LogP contribution in [0.15, 0.2) is 29.6 Å². The smallest absolute Gasteiger partial charge is 0.270 e. The molecular weight excluding hydrogens is 405 g/mol. The molecule has 1 aromatic carbocycles. The standard InChI is InChI=1S/C21H24FN5O2S/c1-13(2)23-20(28)16-12-30-21(24-16)19-18(14-3-5-15(22)6-4-14)25-17(26-19)11-27-7-9-29-10-8-27/h3-6,12-13H,7-11H2,1-2H3,(H,23,28)(H,25,26). The molecule has 0 aliphatic carbocycles. The van der Waals surface area contributed by atoms with Crippen molar-refractivity contribution in [1.29, 1.82) is 0 Å². The number of morpholine rings is 1. The van der Waals surface area contributed by atoms with Crippen LogP contribution in [0, 0.1) is 5.82 Å². The number of hydrogen-bond acceptors (Lipinski definition) is 6. The quantitative estimate of drug-likeness (QED) is 0.628. The van der Waals surface area contributed by atoms with Crippen molar-refractivity contribution in [3.8, 4) is 22.0 Å². The van der Waals surface area contributed by atoms with Crippen LogP contribution in [0.3, 0.4) is 0 Å². The lowest BCUT2D eigenvalue weighted by molar-refractivity contribution is 0.0332. The van der Waals surface area contributed by atoms with E-state index in [4.69, 9.17) is 9.72 Å². The van der Waals surface area contributed by atoms with Gasteiger partial charge in [0.15, 0.2) is 0 Å². The Kier molecular flexibility index (Phi) is 6.21. The first-order chi connectivity index (χ1) is 14.5. The molecule has 0 bridgehead atoms. The Bertz CT molecular complexity index is 1010. The molecule has 1 aliphatic heterocycles. The zero-order valence-corrected chi connectivity index (χ0v) is 17.8. The number of imidazole rings is 1. The van der Waals surface area contributed by atoms with Crippen molar-refractivity contribution in [2.75, 3.05) is 26.3 Å². The average Bonchev–Trinajstić information content (AvgIpc) is 3.36. The second-order valence-corrected chi connectivity index (χ2v) is 8.33. The van der Waals surface area contributed by atoms with E-state index < -0.39 is 0 Å². The second kappa shape index (κ2) is 9.03. The van der Waals surface area contributed by atoms with Gasteiger partial charge in [-0.25, -0.2) is 14.4 Å². The fourth-order valence-electron chi connectivity index (χ4n) is 3.27. The third-order valence-electron chi connectivity index (χ3n) is 4.72. The first kappa shape index (κ1) is 20.6. The van der Waals surface area contributed by atoms with Gasteiger partial charge in [0.1, 0.15) is 28.0 Å². The number of hydrogen-bond donors (Lipinski definition) is 2. The topological polar surface area (TPSA) is 83.1 Å². The Labute approximate surface area is 178 Å². The molecule has 1 amide bonds. The van der Waals surface area contributed by atoms with Crippen LogP contribution in [0.2, 0.25) is 0 Å². The summed E-state index contributed by atoms with van der Waals surface area (Å²) in [6.07, 6.45) is 0. The van der Waals surface area contributed by atoms with Crippen LogP contribution in [0.5, 0.6) is 0 Å². The number of aromatic nitrogens is 3. The third kappa shape index (κ3) is 4.75. The summed E-state index contributed by atoms with van der Waals surface area (Å²) in [7, 11) is 0. The molecule has 0 radical (unpaired) electrons. The van der Waals surface area contributed by atoms with E-state index in [1.165, 1.54) is 23.5 Å². The van der Waals surface area contributed by atoms with E-state index in [1.807, 2.05) is 13.8 Å². The summed E-state index contributed by atoms with van der Waals surface area (Å²) in [5.41, 5.74) is 2.60. The van der Waals surface area contributed by atoms with Gasteiger partial charge in [-0.2, -0.15) is 0 Å². The Balaban J connectivity index is 1.67. The Morgan fingerprint density at radius 2 is 2.00 bits per heavy atom. The van der Waals surface area contributed by atoms with E-state index in [1.54, 1.807) is 17.5 Å². The molecule has 1 aliphatic rings. The molecule has 1 saturated heterocycles. The number of H-pyrrole nitrogens is 1. The number of carbonyl (C=O) groups excluding carboxylic acids is 1. The van der Waals surface area contributed by atoms with Gasteiger partial charge in [0.25, 0.3) is 5.91 Å². The minimum absolute atomic E-state index is 0.0321. The Hall–Kier alpha value is -2.62. The van der Waals surface area contributed by atoms with Crippen molar-refractivity contribution in [2.45, 2.75) is 26.4 Å². The second-order valence-electron chi connectivity index (χ2n) is 7.47. The molecule has 0 saturated carbocycles. The van der Waals surface area contributed by atoms with Crippen molar-refractivity contribution < 1.29 is 13.9 Å². The van der Waals surface area contributed by atoms with E-state index in [-0.39, 0.29) is 17.8 Å². The van der Waals surface area contributed by atoms with Gasteiger partial charge >= 0.3 is 0 Å². The Morgan fingerprint density at radius 3 is 2.70 bits per heavy atom. The molecule has 0 atom stereocenters. The van der Waals surface area contributed by atoms with Crippen molar-refractivity contribution in [1.82, 2.24) is 25.2 Å². The summed E-state index contributed by atoms with van der Waals surface area (Å²) in [5.74, 6) is 0.296. The van der Waals surface area contributed by atoms with Gasteiger partial charge in [0.05, 0.1) is 25.5 Å². The van der Waals surface area contributed by atoms with Crippen molar-refractivity contribution in [3.05, 3.63) is 47.0 Å². The maximum Gasteiger partial charge on any atom is 0.270 e. The molecule has 30 heavy (non-hydrogen) atoms. The molecule has 2 N–H and O–H groups in total. The molecule has 3 heterocycles. The van der Waals surface area contributed by atoms with E-state index >= 15 is 0 Å². The van der Waals surface area contributed by atoms with Gasteiger partial charge in [-0.1, -0.05) is 0 Å². The minimum Gasteiger partial charge on any atom is -0.379 e. The number of aromatic amines is 1. The van der Waals surface area contributed by atoms with Crippen LogP contribution in [-0.2, 0) is 11.3 Å². The number of rotatable bonds is 6. The van der Waals surface area contributed by atoms with Crippen molar-refractivity contribution in [3.63, 3.8) is 0 Å². The minimum atomic E-state index is -0.300. The predicted molar refractivity (Wildman–Crippen MR) is 114 cm³/mol. The molecule has 7 nitrogen and oxygen atoms in total. The number of thiazole rings is 1. The largest absolute Gasteiger partial charge is 0.379 e. The highest BCUT2D eigenvalue weighted by Gasteiger charge is 2.21. The highest BCUT2D eigenvalue weighted by atomic mass is 32.1. The van der Waals surface area contributed by atoms with Gasteiger partial charge < -0.3 is 15.0 Å². The van der Waals surface area contributed by atoms with Gasteiger partial charge in [-0.15, -0.1) is 11.3 Å². The number of nitrogens with zero attached hydrogens (tertiary/aromatic N) is 3.